The summed E-state index contributed by atoms with van der Waals surface area (Å²) in [6.07, 6.45) is -1.98. The zero-order valence-electron chi connectivity index (χ0n) is 10.9. The summed E-state index contributed by atoms with van der Waals surface area (Å²) in [5.74, 6) is 0.558. The molecule has 6 heteroatoms. The summed E-state index contributed by atoms with van der Waals surface area (Å²) in [6, 6.07) is 2.55. The van der Waals surface area contributed by atoms with Crippen LogP contribution < -0.4 is 10.2 Å². The maximum atomic E-state index is 12.4. The van der Waals surface area contributed by atoms with E-state index in [1.807, 2.05) is 0 Å². The molecule has 19 heavy (non-hydrogen) atoms. The molecule has 0 radical (unpaired) electrons. The van der Waals surface area contributed by atoms with Crippen molar-refractivity contribution in [2.75, 3.05) is 31.1 Å². The van der Waals surface area contributed by atoms with Crippen LogP contribution in [0.5, 0.6) is 0 Å². The SMILES string of the molecule is CCNCC1CCN(c2ccc(C(F)(F)F)nc2)C1. The molecule has 1 unspecified atom stereocenters. The van der Waals surface area contributed by atoms with E-state index in [1.165, 1.54) is 12.3 Å². The highest BCUT2D eigenvalue weighted by atomic mass is 19.4. The van der Waals surface area contributed by atoms with Gasteiger partial charge < -0.3 is 10.2 Å². The Kier molecular flexibility index (Phi) is 4.29. The molecule has 1 aromatic rings. The van der Waals surface area contributed by atoms with E-state index < -0.39 is 11.9 Å². The summed E-state index contributed by atoms with van der Waals surface area (Å²) in [5.41, 5.74) is -0.0633. The molecule has 0 saturated carbocycles. The van der Waals surface area contributed by atoms with Crippen LogP contribution in [0.4, 0.5) is 18.9 Å². The van der Waals surface area contributed by atoms with Gasteiger partial charge in [0.25, 0.3) is 0 Å². The number of hydrogen-bond donors (Lipinski definition) is 1. The Morgan fingerprint density at radius 1 is 1.42 bits per heavy atom. The first-order valence-electron chi connectivity index (χ1n) is 6.49. The third kappa shape index (κ3) is 3.59. The molecule has 1 atom stereocenters. The molecular weight excluding hydrogens is 255 g/mol. The summed E-state index contributed by atoms with van der Waals surface area (Å²) in [5, 5.41) is 3.30. The smallest absolute Gasteiger partial charge is 0.370 e. The number of anilines is 1. The van der Waals surface area contributed by atoms with Crippen LogP contribution >= 0.6 is 0 Å². The van der Waals surface area contributed by atoms with Gasteiger partial charge in [0.1, 0.15) is 5.69 Å². The number of pyridine rings is 1. The predicted octanol–water partition coefficient (Wildman–Crippen LogP) is 2.54. The molecule has 2 rings (SSSR count). The summed E-state index contributed by atoms with van der Waals surface area (Å²) < 4.78 is 37.2. The Bertz CT molecular complexity index is 403. The molecule has 0 bridgehead atoms. The highest BCUT2D eigenvalue weighted by molar-refractivity contribution is 5.45. The number of hydrogen-bond acceptors (Lipinski definition) is 3. The zero-order chi connectivity index (χ0) is 13.9. The first-order valence-corrected chi connectivity index (χ1v) is 6.49. The van der Waals surface area contributed by atoms with Gasteiger partial charge in [-0.1, -0.05) is 6.92 Å². The maximum Gasteiger partial charge on any atom is 0.433 e. The van der Waals surface area contributed by atoms with Crippen molar-refractivity contribution in [3.8, 4) is 0 Å². The summed E-state index contributed by atoms with van der Waals surface area (Å²) in [4.78, 5) is 5.59. The Morgan fingerprint density at radius 3 is 2.79 bits per heavy atom. The quantitative estimate of drug-likeness (QED) is 0.913. The van der Waals surface area contributed by atoms with Gasteiger partial charge in [-0.2, -0.15) is 13.2 Å². The Morgan fingerprint density at radius 2 is 2.21 bits per heavy atom. The maximum absolute atomic E-state index is 12.4. The molecule has 1 fully saturated rings. The van der Waals surface area contributed by atoms with Crippen LogP contribution in [0.25, 0.3) is 0 Å². The average molecular weight is 273 g/mol. The van der Waals surface area contributed by atoms with Crippen molar-refractivity contribution < 1.29 is 13.2 Å². The van der Waals surface area contributed by atoms with Gasteiger partial charge in [-0.15, -0.1) is 0 Å². The van der Waals surface area contributed by atoms with Gasteiger partial charge in [0, 0.05) is 13.1 Å². The van der Waals surface area contributed by atoms with Gasteiger partial charge in [0.15, 0.2) is 0 Å². The molecule has 3 nitrogen and oxygen atoms in total. The fraction of sp³-hybridized carbons (Fsp3) is 0.615. The van der Waals surface area contributed by atoms with E-state index in [0.717, 1.165) is 44.4 Å². The van der Waals surface area contributed by atoms with E-state index in [2.05, 4.69) is 22.1 Å². The molecule has 1 aromatic heterocycles. The summed E-state index contributed by atoms with van der Waals surface area (Å²) in [7, 11) is 0. The van der Waals surface area contributed by atoms with Crippen LogP contribution in [0.2, 0.25) is 0 Å². The average Bonchev–Trinajstić information content (AvgIpc) is 2.84. The minimum Gasteiger partial charge on any atom is -0.370 e. The lowest BCUT2D eigenvalue weighted by molar-refractivity contribution is -0.141. The van der Waals surface area contributed by atoms with Crippen molar-refractivity contribution in [2.24, 2.45) is 5.92 Å². The normalized spacial score (nSPS) is 20.0. The lowest BCUT2D eigenvalue weighted by Crippen LogP contribution is -2.26. The van der Waals surface area contributed by atoms with Crippen molar-refractivity contribution in [1.29, 1.82) is 0 Å². The molecule has 1 saturated heterocycles. The van der Waals surface area contributed by atoms with Gasteiger partial charge in [-0.3, -0.25) is 0 Å². The van der Waals surface area contributed by atoms with Gasteiger partial charge in [-0.25, -0.2) is 4.98 Å². The largest absolute Gasteiger partial charge is 0.433 e. The van der Waals surface area contributed by atoms with Crippen LogP contribution in [-0.2, 0) is 6.18 Å². The van der Waals surface area contributed by atoms with Crippen molar-refractivity contribution in [2.45, 2.75) is 19.5 Å². The lowest BCUT2D eigenvalue weighted by atomic mass is 10.1. The number of aromatic nitrogens is 1. The minimum absolute atomic E-state index is 0.558. The molecule has 1 N–H and O–H groups in total. The van der Waals surface area contributed by atoms with E-state index in [1.54, 1.807) is 0 Å². The van der Waals surface area contributed by atoms with Crippen molar-refractivity contribution >= 4 is 5.69 Å². The van der Waals surface area contributed by atoms with Gasteiger partial charge in [-0.05, 0) is 37.6 Å². The number of rotatable bonds is 4. The number of halogens is 3. The minimum atomic E-state index is -4.36. The molecule has 106 valence electrons. The van der Waals surface area contributed by atoms with E-state index in [9.17, 15) is 13.2 Å². The Labute approximate surface area is 110 Å². The second-order valence-corrected chi connectivity index (χ2v) is 4.81. The van der Waals surface area contributed by atoms with E-state index >= 15 is 0 Å². The van der Waals surface area contributed by atoms with Crippen molar-refractivity contribution in [1.82, 2.24) is 10.3 Å². The standard InChI is InChI=1S/C13H18F3N3/c1-2-17-7-10-5-6-19(9-10)11-3-4-12(18-8-11)13(14,15)16/h3-4,8,10,17H,2,5-7,9H2,1H3. The molecular formula is C13H18F3N3. The second kappa shape index (κ2) is 5.77. The fourth-order valence-corrected chi connectivity index (χ4v) is 2.32. The highest BCUT2D eigenvalue weighted by Crippen LogP contribution is 2.29. The molecule has 1 aliphatic rings. The van der Waals surface area contributed by atoms with Crippen LogP contribution in [0.3, 0.4) is 0 Å². The Hall–Kier alpha value is -1.30. The first-order chi connectivity index (χ1) is 9.00. The monoisotopic (exact) mass is 273 g/mol. The highest BCUT2D eigenvalue weighted by Gasteiger charge is 2.32. The molecule has 0 aromatic carbocycles. The van der Waals surface area contributed by atoms with E-state index in [0.29, 0.717) is 5.92 Å². The van der Waals surface area contributed by atoms with Gasteiger partial charge in [0.05, 0.1) is 11.9 Å². The molecule has 0 aliphatic carbocycles. The molecule has 2 heterocycles. The predicted molar refractivity (Wildman–Crippen MR) is 68.1 cm³/mol. The van der Waals surface area contributed by atoms with Crippen LogP contribution in [0, 0.1) is 5.92 Å². The first kappa shape index (κ1) is 14.1. The number of nitrogens with zero attached hydrogens (tertiary/aromatic N) is 2. The number of nitrogens with one attached hydrogen (secondary N) is 1. The van der Waals surface area contributed by atoms with E-state index in [-0.39, 0.29) is 0 Å². The van der Waals surface area contributed by atoms with Crippen LogP contribution in [0.15, 0.2) is 18.3 Å². The molecule has 0 spiro atoms. The van der Waals surface area contributed by atoms with Crippen LogP contribution in [0.1, 0.15) is 19.0 Å². The van der Waals surface area contributed by atoms with Gasteiger partial charge >= 0.3 is 6.18 Å². The zero-order valence-corrected chi connectivity index (χ0v) is 10.9. The topological polar surface area (TPSA) is 28.2 Å². The third-order valence-electron chi connectivity index (χ3n) is 3.37. The third-order valence-corrected chi connectivity index (χ3v) is 3.37. The van der Waals surface area contributed by atoms with Crippen molar-refractivity contribution in [3.63, 3.8) is 0 Å². The van der Waals surface area contributed by atoms with Gasteiger partial charge in [0.2, 0.25) is 0 Å². The fourth-order valence-electron chi connectivity index (χ4n) is 2.32. The van der Waals surface area contributed by atoms with E-state index in [4.69, 9.17) is 0 Å². The summed E-state index contributed by atoms with van der Waals surface area (Å²) in [6.45, 7) is 5.72. The number of alkyl halides is 3. The lowest BCUT2D eigenvalue weighted by Gasteiger charge is -2.19. The van der Waals surface area contributed by atoms with Crippen LogP contribution in [-0.4, -0.2) is 31.2 Å². The molecule has 1 aliphatic heterocycles. The second-order valence-electron chi connectivity index (χ2n) is 4.81. The van der Waals surface area contributed by atoms with Crippen molar-refractivity contribution in [3.05, 3.63) is 24.0 Å². The molecule has 0 amide bonds. The summed E-state index contributed by atoms with van der Waals surface area (Å²) >= 11 is 0. The Balaban J connectivity index is 1.96.